The van der Waals surface area contributed by atoms with Gasteiger partial charge in [-0.1, -0.05) is 32.4 Å². The lowest BCUT2D eigenvalue weighted by atomic mass is 10.0. The molecule has 1 nitrogen and oxygen atoms in total. The molecule has 0 aliphatic rings. The monoisotopic (exact) mass is 165 g/mol. The van der Waals surface area contributed by atoms with Crippen molar-refractivity contribution in [1.29, 1.82) is 5.41 Å². The Balaban J connectivity index is 3.57. The summed E-state index contributed by atoms with van der Waals surface area (Å²) in [6.07, 6.45) is 7.01. The van der Waals surface area contributed by atoms with E-state index in [1.165, 1.54) is 12.8 Å². The summed E-state index contributed by atoms with van der Waals surface area (Å²) in [5, 5.41) is 7.56. The van der Waals surface area contributed by atoms with E-state index in [2.05, 4.69) is 20.1 Å². The van der Waals surface area contributed by atoms with Crippen LogP contribution in [-0.2, 0) is 0 Å². The average molecular weight is 165 g/mol. The van der Waals surface area contributed by atoms with E-state index in [4.69, 9.17) is 5.41 Å². The molecule has 0 spiro atoms. The van der Waals surface area contributed by atoms with E-state index in [0.717, 1.165) is 18.4 Å². The average Bonchev–Trinajstić information content (AvgIpc) is 2.05. The molecule has 0 atom stereocenters. The highest BCUT2D eigenvalue weighted by atomic mass is 14.4. The molecule has 68 valence electrons. The number of hydrogen-bond acceptors (Lipinski definition) is 1. The molecule has 1 N–H and O–H groups in total. The first-order valence-electron chi connectivity index (χ1n) is 4.58. The maximum Gasteiger partial charge on any atom is 0.0377 e. The highest BCUT2D eigenvalue weighted by Gasteiger charge is 1.99. The molecule has 0 fully saturated rings. The summed E-state index contributed by atoms with van der Waals surface area (Å²) in [4.78, 5) is 0. The zero-order valence-corrected chi connectivity index (χ0v) is 8.03. The van der Waals surface area contributed by atoms with Gasteiger partial charge in [-0.15, -0.1) is 6.58 Å². The van der Waals surface area contributed by atoms with E-state index in [9.17, 15) is 0 Å². The van der Waals surface area contributed by atoms with E-state index in [1.54, 1.807) is 6.08 Å². The first-order valence-corrected chi connectivity index (χ1v) is 4.58. The van der Waals surface area contributed by atoms with Crippen molar-refractivity contribution in [2.24, 2.45) is 0 Å². The standard InChI is InChI=1S/C11H19N/c1-4-6-7-9-10(3)11(12)8-5-2/h5,12H,2-4,6-9H2,1H3. The molecule has 1 heteroatoms. The van der Waals surface area contributed by atoms with Crippen molar-refractivity contribution in [1.82, 2.24) is 0 Å². The second-order valence-electron chi connectivity index (χ2n) is 3.03. The molecule has 0 aromatic carbocycles. The van der Waals surface area contributed by atoms with E-state index in [-0.39, 0.29) is 0 Å². The fourth-order valence-corrected chi connectivity index (χ4v) is 1.03. The predicted molar refractivity (Wildman–Crippen MR) is 55.8 cm³/mol. The SMILES string of the molecule is C=CCC(=N)C(=C)CCCCC. The highest BCUT2D eigenvalue weighted by Crippen LogP contribution is 2.09. The Morgan fingerprint density at radius 3 is 2.58 bits per heavy atom. The number of rotatable bonds is 7. The van der Waals surface area contributed by atoms with Crippen LogP contribution in [0.1, 0.15) is 39.0 Å². The van der Waals surface area contributed by atoms with Crippen molar-refractivity contribution in [3.05, 3.63) is 24.8 Å². The van der Waals surface area contributed by atoms with Gasteiger partial charge in [-0.05, 0) is 18.4 Å². The van der Waals surface area contributed by atoms with Crippen molar-refractivity contribution in [3.8, 4) is 0 Å². The number of nitrogens with one attached hydrogen (secondary N) is 1. The molecule has 0 rings (SSSR count). The Kier molecular flexibility index (Phi) is 6.35. The minimum atomic E-state index is 0.640. The number of allylic oxidation sites excluding steroid dienone is 2. The van der Waals surface area contributed by atoms with Crippen molar-refractivity contribution >= 4 is 5.71 Å². The van der Waals surface area contributed by atoms with Gasteiger partial charge < -0.3 is 5.41 Å². The summed E-state index contributed by atoms with van der Waals surface area (Å²) >= 11 is 0. The molecule has 0 amide bonds. The van der Waals surface area contributed by atoms with Crippen LogP contribution in [0.4, 0.5) is 0 Å². The smallest absolute Gasteiger partial charge is 0.0377 e. The quantitative estimate of drug-likeness (QED) is 0.338. The third-order valence-corrected chi connectivity index (χ3v) is 1.86. The number of unbranched alkanes of at least 4 members (excludes halogenated alkanes) is 2. The second-order valence-corrected chi connectivity index (χ2v) is 3.03. The third kappa shape index (κ3) is 4.89. The van der Waals surface area contributed by atoms with Crippen LogP contribution in [0.3, 0.4) is 0 Å². The molecule has 0 saturated carbocycles. The lowest BCUT2D eigenvalue weighted by Gasteiger charge is -2.04. The lowest BCUT2D eigenvalue weighted by molar-refractivity contribution is 0.722. The Labute approximate surface area is 75.7 Å². The molecule has 0 aromatic rings. The first kappa shape index (κ1) is 11.2. The number of hydrogen-bond donors (Lipinski definition) is 1. The lowest BCUT2D eigenvalue weighted by Crippen LogP contribution is -1.98. The van der Waals surface area contributed by atoms with Gasteiger partial charge in [0, 0.05) is 12.1 Å². The Morgan fingerprint density at radius 1 is 1.42 bits per heavy atom. The Hall–Kier alpha value is -0.850. The summed E-state index contributed by atoms with van der Waals surface area (Å²) < 4.78 is 0. The fourth-order valence-electron chi connectivity index (χ4n) is 1.03. The third-order valence-electron chi connectivity index (χ3n) is 1.86. The highest BCUT2D eigenvalue weighted by molar-refractivity contribution is 5.97. The zero-order valence-electron chi connectivity index (χ0n) is 8.03. The van der Waals surface area contributed by atoms with Crippen molar-refractivity contribution in [2.75, 3.05) is 0 Å². The van der Waals surface area contributed by atoms with Gasteiger partial charge in [-0.25, -0.2) is 0 Å². The van der Waals surface area contributed by atoms with E-state index in [0.29, 0.717) is 12.1 Å². The molecule has 0 aliphatic heterocycles. The van der Waals surface area contributed by atoms with Gasteiger partial charge in [0.15, 0.2) is 0 Å². The van der Waals surface area contributed by atoms with Crippen LogP contribution in [0, 0.1) is 5.41 Å². The first-order chi connectivity index (χ1) is 5.72. The van der Waals surface area contributed by atoms with Gasteiger partial charge in [0.05, 0.1) is 0 Å². The normalized spacial score (nSPS) is 9.42. The van der Waals surface area contributed by atoms with Crippen LogP contribution < -0.4 is 0 Å². The van der Waals surface area contributed by atoms with Gasteiger partial charge in [0.2, 0.25) is 0 Å². The van der Waals surface area contributed by atoms with Gasteiger partial charge in [-0.3, -0.25) is 0 Å². The molecule has 0 saturated heterocycles. The topological polar surface area (TPSA) is 23.9 Å². The minimum absolute atomic E-state index is 0.640. The predicted octanol–water partition coefficient (Wildman–Crippen LogP) is 3.72. The van der Waals surface area contributed by atoms with Crippen LogP contribution in [0.5, 0.6) is 0 Å². The molecule has 0 aromatic heterocycles. The van der Waals surface area contributed by atoms with Gasteiger partial charge in [0.25, 0.3) is 0 Å². The van der Waals surface area contributed by atoms with Gasteiger partial charge in [0.1, 0.15) is 0 Å². The summed E-state index contributed by atoms with van der Waals surface area (Å²) in [6, 6.07) is 0. The van der Waals surface area contributed by atoms with Crippen LogP contribution in [0.2, 0.25) is 0 Å². The molecular weight excluding hydrogens is 146 g/mol. The van der Waals surface area contributed by atoms with Gasteiger partial charge >= 0.3 is 0 Å². The minimum Gasteiger partial charge on any atom is -0.305 e. The van der Waals surface area contributed by atoms with Crippen molar-refractivity contribution < 1.29 is 0 Å². The fraction of sp³-hybridized carbons (Fsp3) is 0.545. The van der Waals surface area contributed by atoms with Crippen LogP contribution in [0.25, 0.3) is 0 Å². The van der Waals surface area contributed by atoms with Gasteiger partial charge in [-0.2, -0.15) is 0 Å². The van der Waals surface area contributed by atoms with E-state index >= 15 is 0 Å². The van der Waals surface area contributed by atoms with Crippen molar-refractivity contribution in [2.45, 2.75) is 39.0 Å². The molecule has 0 unspecified atom stereocenters. The van der Waals surface area contributed by atoms with Crippen molar-refractivity contribution in [3.63, 3.8) is 0 Å². The van der Waals surface area contributed by atoms with Crippen LogP contribution in [0.15, 0.2) is 24.8 Å². The summed E-state index contributed by atoms with van der Waals surface area (Å²) in [5.41, 5.74) is 1.62. The summed E-state index contributed by atoms with van der Waals surface area (Å²) in [5.74, 6) is 0. The molecular formula is C11H19N. The molecule has 0 aliphatic carbocycles. The largest absolute Gasteiger partial charge is 0.305 e. The Bertz CT molecular complexity index is 168. The summed E-state index contributed by atoms with van der Waals surface area (Å²) in [7, 11) is 0. The maximum absolute atomic E-state index is 7.56. The van der Waals surface area contributed by atoms with E-state index < -0.39 is 0 Å². The van der Waals surface area contributed by atoms with Crippen LogP contribution >= 0.6 is 0 Å². The van der Waals surface area contributed by atoms with Crippen LogP contribution in [-0.4, -0.2) is 5.71 Å². The van der Waals surface area contributed by atoms with E-state index in [1.807, 2.05) is 0 Å². The zero-order chi connectivity index (χ0) is 9.40. The summed E-state index contributed by atoms with van der Waals surface area (Å²) in [6.45, 7) is 9.65. The second kappa shape index (κ2) is 6.84. The molecule has 0 bridgehead atoms. The molecule has 0 heterocycles. The maximum atomic E-state index is 7.56. The molecule has 0 radical (unpaired) electrons. The molecule has 12 heavy (non-hydrogen) atoms. The Morgan fingerprint density at radius 2 is 2.08 bits per heavy atom.